The number of nitrogens with zero attached hydrogens (tertiary/aromatic N) is 1. The minimum Gasteiger partial charge on any atom is -0.328 e. The van der Waals surface area contributed by atoms with E-state index in [1.54, 1.807) is 0 Å². The molecule has 1 heterocycles. The number of hydrogen-bond donors (Lipinski definition) is 1. The molecule has 0 aromatic carbocycles. The molecule has 0 amide bonds. The molecule has 0 aromatic heterocycles. The van der Waals surface area contributed by atoms with Crippen LogP contribution in [0.5, 0.6) is 0 Å². The molecular formula is C12H26N2. The van der Waals surface area contributed by atoms with Gasteiger partial charge in [-0.2, -0.15) is 0 Å². The van der Waals surface area contributed by atoms with Crippen LogP contribution >= 0.6 is 0 Å². The van der Waals surface area contributed by atoms with Crippen molar-refractivity contribution in [3.63, 3.8) is 0 Å². The van der Waals surface area contributed by atoms with Crippen LogP contribution in [0.1, 0.15) is 46.0 Å². The van der Waals surface area contributed by atoms with E-state index in [4.69, 9.17) is 5.73 Å². The second-order valence-corrected chi connectivity index (χ2v) is 4.65. The van der Waals surface area contributed by atoms with Crippen molar-refractivity contribution in [1.82, 2.24) is 4.90 Å². The van der Waals surface area contributed by atoms with Crippen molar-refractivity contribution in [2.24, 2.45) is 11.7 Å². The molecule has 2 atom stereocenters. The lowest BCUT2D eigenvalue weighted by Crippen LogP contribution is -2.35. The Hall–Kier alpha value is -0.0800. The summed E-state index contributed by atoms with van der Waals surface area (Å²) in [6.45, 7) is 8.29. The van der Waals surface area contributed by atoms with Crippen molar-refractivity contribution in [2.75, 3.05) is 19.6 Å². The van der Waals surface area contributed by atoms with E-state index >= 15 is 0 Å². The van der Waals surface area contributed by atoms with Crippen LogP contribution in [0.2, 0.25) is 0 Å². The van der Waals surface area contributed by atoms with Crippen molar-refractivity contribution in [3.05, 3.63) is 0 Å². The van der Waals surface area contributed by atoms with Crippen molar-refractivity contribution in [2.45, 2.75) is 52.0 Å². The molecule has 0 spiro atoms. The summed E-state index contributed by atoms with van der Waals surface area (Å²) < 4.78 is 0. The molecule has 1 aliphatic heterocycles. The maximum atomic E-state index is 5.94. The second-order valence-electron chi connectivity index (χ2n) is 4.65. The Labute approximate surface area is 88.8 Å². The maximum absolute atomic E-state index is 5.94. The minimum atomic E-state index is 0.437. The molecule has 0 aliphatic carbocycles. The number of hydrogen-bond acceptors (Lipinski definition) is 2. The highest BCUT2D eigenvalue weighted by atomic mass is 15.1. The Balaban J connectivity index is 2.17. The molecule has 0 saturated carbocycles. The molecule has 2 heteroatoms. The van der Waals surface area contributed by atoms with Gasteiger partial charge in [0.1, 0.15) is 0 Å². The normalized spacial score (nSPS) is 26.4. The fourth-order valence-corrected chi connectivity index (χ4v) is 2.33. The third-order valence-corrected chi connectivity index (χ3v) is 3.52. The van der Waals surface area contributed by atoms with E-state index in [1.807, 2.05) is 0 Å². The van der Waals surface area contributed by atoms with Gasteiger partial charge in [-0.3, -0.25) is 0 Å². The molecule has 2 nitrogen and oxygen atoms in total. The van der Waals surface area contributed by atoms with Crippen LogP contribution < -0.4 is 5.73 Å². The summed E-state index contributed by atoms with van der Waals surface area (Å²) in [5, 5.41) is 0. The highest BCUT2D eigenvalue weighted by molar-refractivity contribution is 4.73. The maximum Gasteiger partial charge on any atom is 0.00363 e. The lowest BCUT2D eigenvalue weighted by Gasteiger charge is -2.32. The van der Waals surface area contributed by atoms with Gasteiger partial charge in [0.2, 0.25) is 0 Å². The fourth-order valence-electron chi connectivity index (χ4n) is 2.33. The van der Waals surface area contributed by atoms with Crippen LogP contribution in [0.25, 0.3) is 0 Å². The molecule has 2 N–H and O–H groups in total. The predicted molar refractivity (Wildman–Crippen MR) is 62.3 cm³/mol. The van der Waals surface area contributed by atoms with E-state index in [0.717, 1.165) is 12.3 Å². The van der Waals surface area contributed by atoms with Gasteiger partial charge in [0, 0.05) is 12.6 Å². The Morgan fingerprint density at radius 3 is 2.86 bits per heavy atom. The zero-order valence-electron chi connectivity index (χ0n) is 9.84. The Morgan fingerprint density at radius 2 is 2.21 bits per heavy atom. The minimum absolute atomic E-state index is 0.437. The summed E-state index contributed by atoms with van der Waals surface area (Å²) >= 11 is 0. The van der Waals surface area contributed by atoms with Gasteiger partial charge in [0.15, 0.2) is 0 Å². The van der Waals surface area contributed by atoms with Gasteiger partial charge >= 0.3 is 0 Å². The average molecular weight is 198 g/mol. The Bertz CT molecular complexity index is 147. The molecule has 1 saturated heterocycles. The molecule has 0 bridgehead atoms. The summed E-state index contributed by atoms with van der Waals surface area (Å²) in [5.41, 5.74) is 5.94. The summed E-state index contributed by atoms with van der Waals surface area (Å²) in [6.07, 6.45) is 6.50. The lowest BCUT2D eigenvalue weighted by atomic mass is 9.91. The van der Waals surface area contributed by atoms with Crippen molar-refractivity contribution < 1.29 is 0 Å². The number of nitrogens with two attached hydrogens (primary N) is 1. The summed E-state index contributed by atoms with van der Waals surface area (Å²) in [4.78, 5) is 2.58. The molecule has 1 fully saturated rings. The highest BCUT2D eigenvalue weighted by Crippen LogP contribution is 2.21. The van der Waals surface area contributed by atoms with E-state index in [9.17, 15) is 0 Å². The zero-order chi connectivity index (χ0) is 10.4. The third-order valence-electron chi connectivity index (χ3n) is 3.52. The van der Waals surface area contributed by atoms with Gasteiger partial charge in [0.25, 0.3) is 0 Å². The monoisotopic (exact) mass is 198 g/mol. The number of piperidine rings is 1. The quantitative estimate of drug-likeness (QED) is 0.734. The SMILES string of the molecule is CCC(N)CCC1CCCN(CC)C1. The molecule has 84 valence electrons. The lowest BCUT2D eigenvalue weighted by molar-refractivity contribution is 0.172. The van der Waals surface area contributed by atoms with Crippen molar-refractivity contribution in [3.8, 4) is 0 Å². The highest BCUT2D eigenvalue weighted by Gasteiger charge is 2.18. The number of rotatable bonds is 5. The van der Waals surface area contributed by atoms with Crippen LogP contribution in [0, 0.1) is 5.92 Å². The zero-order valence-corrected chi connectivity index (χ0v) is 9.84. The topological polar surface area (TPSA) is 29.3 Å². The van der Waals surface area contributed by atoms with E-state index in [0.29, 0.717) is 6.04 Å². The van der Waals surface area contributed by atoms with Crippen LogP contribution in [0.3, 0.4) is 0 Å². The van der Waals surface area contributed by atoms with Crippen LogP contribution in [0.4, 0.5) is 0 Å². The third kappa shape index (κ3) is 3.97. The van der Waals surface area contributed by atoms with Gasteiger partial charge in [0.05, 0.1) is 0 Å². The van der Waals surface area contributed by atoms with E-state index in [-0.39, 0.29) is 0 Å². The molecular weight excluding hydrogens is 172 g/mol. The van der Waals surface area contributed by atoms with Gasteiger partial charge in [-0.15, -0.1) is 0 Å². The summed E-state index contributed by atoms with van der Waals surface area (Å²) in [7, 11) is 0. The Morgan fingerprint density at radius 1 is 1.43 bits per heavy atom. The van der Waals surface area contributed by atoms with Crippen molar-refractivity contribution >= 4 is 0 Å². The van der Waals surface area contributed by atoms with E-state index < -0.39 is 0 Å². The van der Waals surface area contributed by atoms with Crippen LogP contribution in [-0.4, -0.2) is 30.6 Å². The molecule has 0 radical (unpaired) electrons. The first-order chi connectivity index (χ1) is 6.76. The van der Waals surface area contributed by atoms with Gasteiger partial charge in [-0.25, -0.2) is 0 Å². The fraction of sp³-hybridized carbons (Fsp3) is 1.00. The van der Waals surface area contributed by atoms with E-state index in [1.165, 1.54) is 45.3 Å². The average Bonchev–Trinajstić information content (AvgIpc) is 2.26. The van der Waals surface area contributed by atoms with Crippen LogP contribution in [0.15, 0.2) is 0 Å². The first kappa shape index (κ1) is 12.0. The van der Waals surface area contributed by atoms with Gasteiger partial charge < -0.3 is 10.6 Å². The molecule has 1 aliphatic rings. The van der Waals surface area contributed by atoms with Gasteiger partial charge in [-0.1, -0.05) is 13.8 Å². The Kier molecular flexibility index (Phi) is 5.49. The summed E-state index contributed by atoms with van der Waals surface area (Å²) in [6, 6.07) is 0.437. The summed E-state index contributed by atoms with van der Waals surface area (Å²) in [5.74, 6) is 0.918. The predicted octanol–water partition coefficient (Wildman–Crippen LogP) is 2.24. The van der Waals surface area contributed by atoms with E-state index in [2.05, 4.69) is 18.7 Å². The molecule has 0 aromatic rings. The standard InChI is InChI=1S/C12H26N2/c1-3-12(13)8-7-11-6-5-9-14(4-2)10-11/h11-12H,3-10,13H2,1-2H3. The first-order valence-corrected chi connectivity index (χ1v) is 6.24. The second kappa shape index (κ2) is 6.41. The number of likely N-dealkylation sites (tertiary alicyclic amines) is 1. The molecule has 1 rings (SSSR count). The van der Waals surface area contributed by atoms with Crippen molar-refractivity contribution in [1.29, 1.82) is 0 Å². The smallest absolute Gasteiger partial charge is 0.00363 e. The van der Waals surface area contributed by atoms with Gasteiger partial charge in [-0.05, 0) is 51.1 Å². The molecule has 2 unspecified atom stereocenters. The largest absolute Gasteiger partial charge is 0.328 e. The molecule has 14 heavy (non-hydrogen) atoms. The van der Waals surface area contributed by atoms with Crippen LogP contribution in [-0.2, 0) is 0 Å². The first-order valence-electron chi connectivity index (χ1n) is 6.24.